The van der Waals surface area contributed by atoms with Crippen molar-refractivity contribution in [2.45, 2.75) is 39.3 Å². The van der Waals surface area contributed by atoms with Gasteiger partial charge >= 0.3 is 0 Å². The molecule has 0 aromatic heterocycles. The van der Waals surface area contributed by atoms with Crippen LogP contribution in [0.2, 0.25) is 0 Å². The van der Waals surface area contributed by atoms with Crippen LogP contribution in [0.4, 0.5) is 0 Å². The molecule has 1 fully saturated rings. The molecule has 0 spiro atoms. The van der Waals surface area contributed by atoms with Crippen LogP contribution in [0.5, 0.6) is 0 Å². The summed E-state index contributed by atoms with van der Waals surface area (Å²) in [5.74, 6) is 0. The first-order chi connectivity index (χ1) is 8.08. The number of aryl methyl sites for hydroxylation is 2. The van der Waals surface area contributed by atoms with Crippen molar-refractivity contribution in [2.24, 2.45) is 0 Å². The number of hydrogen-bond donors (Lipinski definition) is 1. The van der Waals surface area contributed by atoms with E-state index in [9.17, 15) is 0 Å². The molecule has 1 aliphatic heterocycles. The van der Waals surface area contributed by atoms with Crippen LogP contribution in [0.15, 0.2) is 18.2 Å². The van der Waals surface area contributed by atoms with Crippen LogP contribution in [0.25, 0.3) is 0 Å². The number of hydrogen-bond acceptors (Lipinski definition) is 2. The quantitative estimate of drug-likeness (QED) is 0.840. The van der Waals surface area contributed by atoms with Gasteiger partial charge < -0.3 is 10.2 Å². The Hall–Kier alpha value is -0.860. The van der Waals surface area contributed by atoms with Crippen LogP contribution in [-0.4, -0.2) is 37.1 Å². The fourth-order valence-corrected chi connectivity index (χ4v) is 2.53. The SMILES string of the molecule is Cc1ccc(CC2NCCN(C)C2C)cc1C. The third kappa shape index (κ3) is 2.88. The maximum Gasteiger partial charge on any atom is 0.0261 e. The number of piperazine rings is 1. The fourth-order valence-electron chi connectivity index (χ4n) is 2.53. The molecule has 94 valence electrons. The van der Waals surface area contributed by atoms with Crippen molar-refractivity contribution in [3.63, 3.8) is 0 Å². The summed E-state index contributed by atoms with van der Waals surface area (Å²) in [6.45, 7) is 8.95. The molecule has 1 aromatic rings. The van der Waals surface area contributed by atoms with Crippen LogP contribution in [-0.2, 0) is 6.42 Å². The Kier molecular flexibility index (Phi) is 3.85. The van der Waals surface area contributed by atoms with E-state index >= 15 is 0 Å². The lowest BCUT2D eigenvalue weighted by Gasteiger charge is -2.38. The fraction of sp³-hybridized carbons (Fsp3) is 0.600. The average molecular weight is 232 g/mol. The number of benzene rings is 1. The highest BCUT2D eigenvalue weighted by atomic mass is 15.2. The molecule has 1 saturated heterocycles. The van der Waals surface area contributed by atoms with E-state index in [0.29, 0.717) is 12.1 Å². The predicted octanol–water partition coefficient (Wildman–Crippen LogP) is 2.14. The van der Waals surface area contributed by atoms with Crippen LogP contribution < -0.4 is 5.32 Å². The molecule has 1 N–H and O–H groups in total. The smallest absolute Gasteiger partial charge is 0.0261 e. The average Bonchev–Trinajstić information content (AvgIpc) is 2.30. The Morgan fingerprint density at radius 3 is 2.76 bits per heavy atom. The Morgan fingerprint density at radius 2 is 2.06 bits per heavy atom. The lowest BCUT2D eigenvalue weighted by Crippen LogP contribution is -2.55. The molecule has 2 rings (SSSR count). The zero-order valence-electron chi connectivity index (χ0n) is 11.5. The van der Waals surface area contributed by atoms with E-state index in [4.69, 9.17) is 0 Å². The van der Waals surface area contributed by atoms with Crippen LogP contribution >= 0.6 is 0 Å². The molecule has 2 nitrogen and oxygen atoms in total. The molecule has 0 amide bonds. The second-order valence-electron chi connectivity index (χ2n) is 5.40. The Morgan fingerprint density at radius 1 is 1.29 bits per heavy atom. The van der Waals surface area contributed by atoms with Crippen molar-refractivity contribution >= 4 is 0 Å². The second kappa shape index (κ2) is 5.19. The number of nitrogens with one attached hydrogen (secondary N) is 1. The Balaban J connectivity index is 2.07. The van der Waals surface area contributed by atoms with Gasteiger partial charge in [0.15, 0.2) is 0 Å². The molecule has 1 heterocycles. The summed E-state index contributed by atoms with van der Waals surface area (Å²) >= 11 is 0. The summed E-state index contributed by atoms with van der Waals surface area (Å²) in [6, 6.07) is 8.03. The first-order valence-corrected chi connectivity index (χ1v) is 6.57. The van der Waals surface area contributed by atoms with Crippen molar-refractivity contribution in [3.8, 4) is 0 Å². The summed E-state index contributed by atoms with van der Waals surface area (Å²) in [7, 11) is 2.22. The highest BCUT2D eigenvalue weighted by Crippen LogP contribution is 2.15. The molecule has 2 heteroatoms. The second-order valence-corrected chi connectivity index (χ2v) is 5.40. The summed E-state index contributed by atoms with van der Waals surface area (Å²) in [4.78, 5) is 2.45. The minimum absolute atomic E-state index is 0.579. The number of rotatable bonds is 2. The zero-order chi connectivity index (χ0) is 12.4. The zero-order valence-corrected chi connectivity index (χ0v) is 11.5. The van der Waals surface area contributed by atoms with Gasteiger partial charge in [-0.1, -0.05) is 18.2 Å². The van der Waals surface area contributed by atoms with Crippen molar-refractivity contribution in [3.05, 3.63) is 34.9 Å². The summed E-state index contributed by atoms with van der Waals surface area (Å²) < 4.78 is 0. The van der Waals surface area contributed by atoms with Gasteiger partial charge in [-0.3, -0.25) is 0 Å². The minimum atomic E-state index is 0.579. The molecular formula is C15H24N2. The maximum atomic E-state index is 3.64. The molecule has 0 saturated carbocycles. The molecule has 0 radical (unpaired) electrons. The lowest BCUT2D eigenvalue weighted by molar-refractivity contribution is 0.163. The van der Waals surface area contributed by atoms with Gasteiger partial charge in [-0.2, -0.15) is 0 Å². The van der Waals surface area contributed by atoms with E-state index in [2.05, 4.69) is 56.2 Å². The Labute approximate surface area is 105 Å². The summed E-state index contributed by atoms with van der Waals surface area (Å²) in [5, 5.41) is 3.64. The first-order valence-electron chi connectivity index (χ1n) is 6.57. The van der Waals surface area contributed by atoms with Crippen LogP contribution in [0.3, 0.4) is 0 Å². The highest BCUT2D eigenvalue weighted by Gasteiger charge is 2.24. The van der Waals surface area contributed by atoms with E-state index in [-0.39, 0.29) is 0 Å². The Bertz CT molecular complexity index is 387. The largest absolute Gasteiger partial charge is 0.311 e. The monoisotopic (exact) mass is 232 g/mol. The molecule has 2 atom stereocenters. The number of likely N-dealkylation sites (N-methyl/N-ethyl adjacent to an activating group) is 1. The van der Waals surface area contributed by atoms with Gasteiger partial charge in [0, 0.05) is 25.2 Å². The van der Waals surface area contributed by atoms with Crippen molar-refractivity contribution in [1.29, 1.82) is 0 Å². The topological polar surface area (TPSA) is 15.3 Å². The predicted molar refractivity (Wildman–Crippen MR) is 73.5 cm³/mol. The molecule has 0 bridgehead atoms. The maximum absolute atomic E-state index is 3.64. The van der Waals surface area contributed by atoms with Gasteiger partial charge in [0.25, 0.3) is 0 Å². The van der Waals surface area contributed by atoms with E-state index in [1.165, 1.54) is 16.7 Å². The third-order valence-corrected chi connectivity index (χ3v) is 4.18. The minimum Gasteiger partial charge on any atom is -0.311 e. The first kappa shape index (κ1) is 12.6. The van der Waals surface area contributed by atoms with Crippen molar-refractivity contribution in [2.75, 3.05) is 20.1 Å². The van der Waals surface area contributed by atoms with Gasteiger partial charge in [-0.25, -0.2) is 0 Å². The lowest BCUT2D eigenvalue weighted by atomic mass is 9.95. The molecule has 1 aliphatic rings. The normalized spacial score (nSPS) is 26.1. The van der Waals surface area contributed by atoms with Gasteiger partial charge in [0.2, 0.25) is 0 Å². The third-order valence-electron chi connectivity index (χ3n) is 4.18. The van der Waals surface area contributed by atoms with E-state index in [1.54, 1.807) is 0 Å². The van der Waals surface area contributed by atoms with Gasteiger partial charge in [-0.05, 0) is 50.9 Å². The summed E-state index contributed by atoms with van der Waals surface area (Å²) in [6.07, 6.45) is 1.13. The van der Waals surface area contributed by atoms with E-state index in [1.807, 2.05) is 0 Å². The highest BCUT2D eigenvalue weighted by molar-refractivity contribution is 5.30. The van der Waals surface area contributed by atoms with Gasteiger partial charge in [0.1, 0.15) is 0 Å². The van der Waals surface area contributed by atoms with E-state index < -0.39 is 0 Å². The van der Waals surface area contributed by atoms with Gasteiger partial charge in [0.05, 0.1) is 0 Å². The summed E-state index contributed by atoms with van der Waals surface area (Å²) in [5.41, 5.74) is 4.24. The van der Waals surface area contributed by atoms with Crippen molar-refractivity contribution < 1.29 is 0 Å². The molecule has 17 heavy (non-hydrogen) atoms. The molecule has 1 aromatic carbocycles. The van der Waals surface area contributed by atoms with Gasteiger partial charge in [-0.15, -0.1) is 0 Å². The molecule has 0 aliphatic carbocycles. The van der Waals surface area contributed by atoms with Crippen molar-refractivity contribution in [1.82, 2.24) is 10.2 Å². The number of nitrogens with zero attached hydrogens (tertiary/aromatic N) is 1. The molecular weight excluding hydrogens is 208 g/mol. The van der Waals surface area contributed by atoms with Crippen LogP contribution in [0.1, 0.15) is 23.6 Å². The molecule has 2 unspecified atom stereocenters. The van der Waals surface area contributed by atoms with E-state index in [0.717, 1.165) is 19.5 Å². The standard InChI is InChI=1S/C15H24N2/c1-11-5-6-14(9-12(11)2)10-15-13(3)17(4)8-7-16-15/h5-6,9,13,15-16H,7-8,10H2,1-4H3. The van der Waals surface area contributed by atoms with Crippen LogP contribution in [0, 0.1) is 13.8 Å².